The number of aliphatic hydroxyl groups excluding tert-OH is 1. The summed E-state index contributed by atoms with van der Waals surface area (Å²) in [5.41, 5.74) is 1.40. The smallest absolute Gasteiger partial charge is 0.269 e. The van der Waals surface area contributed by atoms with E-state index in [0.717, 1.165) is 28.4 Å². The van der Waals surface area contributed by atoms with E-state index in [9.17, 15) is 24.8 Å². The van der Waals surface area contributed by atoms with Gasteiger partial charge in [-0.05, 0) is 53.4 Å². The first kappa shape index (κ1) is 38.9. The molecule has 0 saturated carbocycles. The third-order valence-corrected chi connectivity index (χ3v) is 16.4. The van der Waals surface area contributed by atoms with E-state index in [0.29, 0.717) is 36.5 Å². The molecule has 4 atom stereocenters. The Morgan fingerprint density at radius 2 is 1.73 bits per heavy atom. The maximum atomic E-state index is 15.3. The van der Waals surface area contributed by atoms with E-state index in [2.05, 4.69) is 13.1 Å². The second-order valence-corrected chi connectivity index (χ2v) is 20.2. The summed E-state index contributed by atoms with van der Waals surface area (Å²) in [4.78, 5) is 58.8. The molecule has 4 aromatic carbocycles. The number of hydrogen-bond donors (Lipinski definition) is 1. The average molecular weight is 777 g/mol. The van der Waals surface area contributed by atoms with Crippen molar-refractivity contribution in [3.63, 3.8) is 0 Å². The van der Waals surface area contributed by atoms with Crippen LogP contribution in [0.4, 0.5) is 17.1 Å². The van der Waals surface area contributed by atoms with E-state index in [1.165, 1.54) is 12.1 Å². The molecule has 1 N–H and O–H groups in total. The molecule has 0 aromatic heterocycles. The molecular weight excluding hydrogens is 729 g/mol. The highest BCUT2D eigenvalue weighted by atomic mass is 28.3. The Morgan fingerprint density at radius 1 is 1.02 bits per heavy atom. The van der Waals surface area contributed by atoms with Crippen LogP contribution in [-0.2, 0) is 37.8 Å². The van der Waals surface area contributed by atoms with Crippen LogP contribution in [-0.4, -0.2) is 73.6 Å². The van der Waals surface area contributed by atoms with Gasteiger partial charge in [0.05, 0.1) is 51.5 Å². The van der Waals surface area contributed by atoms with Crippen LogP contribution in [0.5, 0.6) is 5.75 Å². The van der Waals surface area contributed by atoms with Crippen molar-refractivity contribution >= 4 is 48.0 Å². The zero-order valence-electron chi connectivity index (χ0n) is 32.2. The number of amides is 3. The number of hydrogen-bond acceptors (Lipinski definition) is 8. The van der Waals surface area contributed by atoms with Crippen molar-refractivity contribution in [3.05, 3.63) is 124 Å². The number of methoxy groups -OCH3 is 1. The van der Waals surface area contributed by atoms with Crippen molar-refractivity contribution in [2.45, 2.75) is 69.6 Å². The molecule has 1 spiro atoms. The van der Waals surface area contributed by atoms with Crippen LogP contribution in [0, 0.1) is 16.0 Å². The Labute approximate surface area is 327 Å². The molecule has 3 amide bonds. The van der Waals surface area contributed by atoms with E-state index >= 15 is 4.79 Å². The normalized spacial score (nSPS) is 21.8. The Balaban J connectivity index is 1.29. The Kier molecular flexibility index (Phi) is 10.9. The van der Waals surface area contributed by atoms with Gasteiger partial charge in [-0.3, -0.25) is 24.5 Å². The number of nitro groups is 1. The van der Waals surface area contributed by atoms with Crippen LogP contribution in [0.3, 0.4) is 0 Å². The third kappa shape index (κ3) is 6.99. The van der Waals surface area contributed by atoms with Gasteiger partial charge in [-0.15, -0.1) is 0 Å². The summed E-state index contributed by atoms with van der Waals surface area (Å²) in [6.07, 6.45) is 0.548. The lowest BCUT2D eigenvalue weighted by Gasteiger charge is -2.37. The molecular formula is C43H48N4O8Si. The molecule has 0 aliphatic carbocycles. The maximum absolute atomic E-state index is 15.3. The van der Waals surface area contributed by atoms with Crippen LogP contribution < -0.4 is 19.7 Å². The molecule has 2 saturated heterocycles. The van der Waals surface area contributed by atoms with Gasteiger partial charge in [0.15, 0.2) is 5.60 Å². The topological polar surface area (TPSA) is 143 Å². The van der Waals surface area contributed by atoms with Crippen molar-refractivity contribution in [1.29, 1.82) is 0 Å². The fourth-order valence-electron chi connectivity index (χ4n) is 9.17. The van der Waals surface area contributed by atoms with Crippen LogP contribution in [0.25, 0.3) is 0 Å². The van der Waals surface area contributed by atoms with Gasteiger partial charge in [0.2, 0.25) is 11.8 Å². The number of anilines is 2. The molecule has 2 fully saturated rings. The minimum atomic E-state index is -2.64. The van der Waals surface area contributed by atoms with Crippen molar-refractivity contribution < 1.29 is 33.9 Å². The van der Waals surface area contributed by atoms with Gasteiger partial charge < -0.3 is 29.3 Å². The standard InChI is InChI=1S/C43H48N4O8Si/c1-29-41(56(3,4)35-19-17-34(54-2)18-20-35)38(26-40(50)44(23-24-48)27-30-9-6-5-7-10-30)55-43(29)36-25-33(47(52)53)16-21-37(36)46(42(43)51)28-31-12-14-32(15-13-31)45-22-8-11-39(45)49/h5-7,9-10,12-21,25,29,38,41,48H,8,11,22-24,26-28H2,1-4H3/t29-,38+,41-,43+/m1/s1. The number of carbonyl (C=O) groups excluding carboxylic acids is 3. The Hall–Kier alpha value is -5.37. The molecule has 0 bridgehead atoms. The molecule has 56 heavy (non-hydrogen) atoms. The van der Waals surface area contributed by atoms with Gasteiger partial charge in [0.1, 0.15) is 5.75 Å². The summed E-state index contributed by atoms with van der Waals surface area (Å²) >= 11 is 0. The first-order chi connectivity index (χ1) is 26.9. The summed E-state index contributed by atoms with van der Waals surface area (Å²) in [6.45, 7) is 7.44. The van der Waals surface area contributed by atoms with Crippen molar-refractivity contribution in [2.75, 3.05) is 36.6 Å². The Morgan fingerprint density at radius 3 is 2.36 bits per heavy atom. The number of nitro benzene ring substituents is 1. The Bertz CT molecular complexity index is 2110. The number of rotatable bonds is 13. The van der Waals surface area contributed by atoms with Gasteiger partial charge >= 0.3 is 0 Å². The van der Waals surface area contributed by atoms with Crippen LogP contribution >= 0.6 is 0 Å². The number of benzene rings is 4. The number of fused-ring (bicyclic) bond motifs is 2. The summed E-state index contributed by atoms with van der Waals surface area (Å²) in [6, 6.07) is 29.5. The zero-order valence-corrected chi connectivity index (χ0v) is 33.2. The quantitative estimate of drug-likeness (QED) is 0.101. The highest BCUT2D eigenvalue weighted by Gasteiger charge is 2.66. The van der Waals surface area contributed by atoms with Gasteiger partial charge in [-0.2, -0.15) is 0 Å². The molecule has 4 aromatic rings. The molecule has 3 aliphatic heterocycles. The largest absolute Gasteiger partial charge is 0.497 e. The fraction of sp³-hybridized carbons (Fsp3) is 0.372. The fourth-order valence-corrected chi connectivity index (χ4v) is 13.2. The van der Waals surface area contributed by atoms with E-state index in [4.69, 9.17) is 9.47 Å². The summed E-state index contributed by atoms with van der Waals surface area (Å²) in [5, 5.41) is 23.3. The van der Waals surface area contributed by atoms with E-state index in [-0.39, 0.29) is 55.1 Å². The highest BCUT2D eigenvalue weighted by molar-refractivity contribution is 6.91. The predicted molar refractivity (Wildman–Crippen MR) is 215 cm³/mol. The summed E-state index contributed by atoms with van der Waals surface area (Å²) < 4.78 is 12.6. The lowest BCUT2D eigenvalue weighted by atomic mass is 9.82. The van der Waals surface area contributed by atoms with Gasteiger partial charge in [0, 0.05) is 55.4 Å². The zero-order chi connectivity index (χ0) is 39.8. The molecule has 7 rings (SSSR count). The summed E-state index contributed by atoms with van der Waals surface area (Å²) in [5.74, 6) is -0.261. The van der Waals surface area contributed by atoms with Crippen molar-refractivity contribution in [2.24, 2.45) is 5.92 Å². The monoisotopic (exact) mass is 776 g/mol. The van der Waals surface area contributed by atoms with Crippen LogP contribution in [0.1, 0.15) is 42.9 Å². The van der Waals surface area contributed by atoms with Crippen LogP contribution in [0.2, 0.25) is 18.6 Å². The molecule has 0 radical (unpaired) electrons. The van der Waals surface area contributed by atoms with Crippen molar-refractivity contribution in [3.8, 4) is 5.75 Å². The van der Waals surface area contributed by atoms with Crippen molar-refractivity contribution in [1.82, 2.24) is 4.90 Å². The van der Waals surface area contributed by atoms with E-state index < -0.39 is 30.6 Å². The second-order valence-electron chi connectivity index (χ2n) is 15.6. The molecule has 13 heteroatoms. The third-order valence-electron chi connectivity index (χ3n) is 12.0. The van der Waals surface area contributed by atoms with Crippen LogP contribution in [0.15, 0.2) is 97.1 Å². The average Bonchev–Trinajstić information content (AvgIpc) is 3.83. The number of non-ortho nitro benzene ring substituents is 1. The first-order valence-electron chi connectivity index (χ1n) is 19.1. The van der Waals surface area contributed by atoms with E-state index in [1.807, 2.05) is 85.8 Å². The lowest BCUT2D eigenvalue weighted by molar-refractivity contribution is -0.385. The number of carbonyl (C=O) groups is 3. The lowest BCUT2D eigenvalue weighted by Crippen LogP contribution is -2.52. The number of ether oxygens (including phenoxy) is 2. The first-order valence-corrected chi connectivity index (χ1v) is 22.2. The maximum Gasteiger partial charge on any atom is 0.269 e. The molecule has 0 unspecified atom stereocenters. The SMILES string of the molecule is COc1ccc([Si](C)(C)[C@H]2[C@H](CC(=O)N(CCO)Cc3ccccc3)O[C@@]3(C(=O)N(Cc4ccc(N5CCCC5=O)cc4)c4ccc([N+](=O)[O-])cc43)[C@@H]2C)cc1. The van der Waals surface area contributed by atoms with Gasteiger partial charge in [-0.25, -0.2) is 0 Å². The number of aliphatic hydroxyl groups is 1. The minimum absolute atomic E-state index is 0.0512. The molecule has 3 aliphatic rings. The molecule has 12 nitrogen and oxygen atoms in total. The van der Waals surface area contributed by atoms with E-state index in [1.54, 1.807) is 27.9 Å². The molecule has 292 valence electrons. The number of nitrogens with zero attached hydrogens (tertiary/aromatic N) is 4. The molecule has 3 heterocycles. The second kappa shape index (κ2) is 15.6. The van der Waals surface area contributed by atoms with Gasteiger partial charge in [-0.1, -0.05) is 79.8 Å². The summed E-state index contributed by atoms with van der Waals surface area (Å²) in [7, 11) is -1.03. The predicted octanol–water partition coefficient (Wildman–Crippen LogP) is 5.90. The minimum Gasteiger partial charge on any atom is -0.497 e. The van der Waals surface area contributed by atoms with Gasteiger partial charge in [0.25, 0.3) is 11.6 Å². The highest BCUT2D eigenvalue weighted by Crippen LogP contribution is 2.60.